The van der Waals surface area contributed by atoms with Crippen LogP contribution in [0.15, 0.2) is 0 Å². The van der Waals surface area contributed by atoms with Gasteiger partial charge in [0.15, 0.2) is 0 Å². The summed E-state index contributed by atoms with van der Waals surface area (Å²) in [6, 6.07) is 0.516. The normalized spacial score (nSPS) is 24.1. The van der Waals surface area contributed by atoms with Gasteiger partial charge in [-0.15, -0.1) is 12.3 Å². The van der Waals surface area contributed by atoms with Crippen molar-refractivity contribution in [3.05, 3.63) is 0 Å². The van der Waals surface area contributed by atoms with E-state index in [1.54, 1.807) is 0 Å². The van der Waals surface area contributed by atoms with Crippen molar-refractivity contribution in [2.24, 2.45) is 5.92 Å². The van der Waals surface area contributed by atoms with Crippen molar-refractivity contribution in [2.45, 2.75) is 44.6 Å². The minimum atomic E-state index is 0.260. The molecular formula is C14H22N2O. The molecule has 3 heteroatoms. The molecule has 1 amide bonds. The Balaban J connectivity index is 1.83. The molecule has 94 valence electrons. The third kappa shape index (κ3) is 3.74. The minimum Gasteiger partial charge on any atom is -0.339 e. The molecule has 1 unspecified atom stereocenters. The summed E-state index contributed by atoms with van der Waals surface area (Å²) in [5.41, 5.74) is 0. The first-order valence-electron chi connectivity index (χ1n) is 6.75. The molecule has 1 N–H and O–H groups in total. The van der Waals surface area contributed by atoms with Crippen molar-refractivity contribution in [3.8, 4) is 12.3 Å². The Bertz CT molecular complexity index is 298. The van der Waals surface area contributed by atoms with Crippen molar-refractivity contribution in [2.75, 3.05) is 19.6 Å². The standard InChI is InChI=1S/C14H22N2O/c1-2-3-6-14(17)16(13-7-8-13)11-12-5-4-9-15-10-12/h1,12-13,15H,3-11H2. The minimum absolute atomic E-state index is 0.260. The zero-order valence-corrected chi connectivity index (χ0v) is 10.5. The van der Waals surface area contributed by atoms with Crippen LogP contribution in [-0.4, -0.2) is 36.5 Å². The van der Waals surface area contributed by atoms with E-state index in [-0.39, 0.29) is 5.91 Å². The second-order valence-electron chi connectivity index (χ2n) is 5.19. The maximum Gasteiger partial charge on any atom is 0.223 e. The van der Waals surface area contributed by atoms with E-state index in [0.717, 1.165) is 19.6 Å². The van der Waals surface area contributed by atoms with Crippen LogP contribution in [0.5, 0.6) is 0 Å². The monoisotopic (exact) mass is 234 g/mol. The smallest absolute Gasteiger partial charge is 0.223 e. The molecule has 2 rings (SSSR count). The van der Waals surface area contributed by atoms with Crippen LogP contribution in [-0.2, 0) is 4.79 Å². The number of amides is 1. The lowest BCUT2D eigenvalue weighted by Gasteiger charge is -2.30. The van der Waals surface area contributed by atoms with Gasteiger partial charge >= 0.3 is 0 Å². The molecular weight excluding hydrogens is 212 g/mol. The second-order valence-corrected chi connectivity index (χ2v) is 5.19. The highest BCUT2D eigenvalue weighted by Crippen LogP contribution is 2.29. The summed E-state index contributed by atoms with van der Waals surface area (Å²) in [5, 5.41) is 3.41. The van der Waals surface area contributed by atoms with Gasteiger partial charge < -0.3 is 10.2 Å². The number of nitrogens with one attached hydrogen (secondary N) is 1. The third-order valence-electron chi connectivity index (χ3n) is 3.65. The molecule has 0 spiro atoms. The molecule has 0 radical (unpaired) electrons. The molecule has 0 aromatic carbocycles. The van der Waals surface area contributed by atoms with E-state index in [2.05, 4.69) is 16.1 Å². The Morgan fingerprint density at radius 2 is 2.24 bits per heavy atom. The quantitative estimate of drug-likeness (QED) is 0.729. The van der Waals surface area contributed by atoms with Crippen LogP contribution >= 0.6 is 0 Å². The zero-order chi connectivity index (χ0) is 12.1. The van der Waals surface area contributed by atoms with E-state index >= 15 is 0 Å². The molecule has 3 nitrogen and oxygen atoms in total. The summed E-state index contributed by atoms with van der Waals surface area (Å²) in [7, 11) is 0. The number of nitrogens with zero attached hydrogens (tertiary/aromatic N) is 1. The predicted molar refractivity (Wildman–Crippen MR) is 68.4 cm³/mol. The largest absolute Gasteiger partial charge is 0.339 e. The van der Waals surface area contributed by atoms with Crippen molar-refractivity contribution < 1.29 is 4.79 Å². The first kappa shape index (κ1) is 12.4. The topological polar surface area (TPSA) is 32.3 Å². The van der Waals surface area contributed by atoms with Crippen LogP contribution in [0.4, 0.5) is 0 Å². The average Bonchev–Trinajstić information content (AvgIpc) is 3.18. The highest BCUT2D eigenvalue weighted by Gasteiger charge is 2.33. The number of carbonyl (C=O) groups excluding carboxylic acids is 1. The lowest BCUT2D eigenvalue weighted by atomic mass is 9.99. The lowest BCUT2D eigenvalue weighted by molar-refractivity contribution is -0.132. The first-order valence-corrected chi connectivity index (χ1v) is 6.75. The van der Waals surface area contributed by atoms with Crippen LogP contribution in [0.25, 0.3) is 0 Å². The Hall–Kier alpha value is -1.01. The van der Waals surface area contributed by atoms with Gasteiger partial charge in [-0.05, 0) is 44.7 Å². The third-order valence-corrected chi connectivity index (χ3v) is 3.65. The maximum atomic E-state index is 12.1. The molecule has 1 saturated carbocycles. The average molecular weight is 234 g/mol. The molecule has 2 aliphatic rings. The van der Waals surface area contributed by atoms with Crippen molar-refractivity contribution in [3.63, 3.8) is 0 Å². The van der Waals surface area contributed by atoms with Crippen molar-refractivity contribution >= 4 is 5.91 Å². The molecule has 1 saturated heterocycles. The second kappa shape index (κ2) is 6.07. The van der Waals surface area contributed by atoms with E-state index in [9.17, 15) is 4.79 Å². The maximum absolute atomic E-state index is 12.1. The van der Waals surface area contributed by atoms with Gasteiger partial charge in [-0.3, -0.25) is 4.79 Å². The molecule has 1 heterocycles. The van der Waals surface area contributed by atoms with Crippen molar-refractivity contribution in [1.82, 2.24) is 10.2 Å². The molecule has 17 heavy (non-hydrogen) atoms. The summed E-state index contributed by atoms with van der Waals surface area (Å²) in [4.78, 5) is 14.2. The number of terminal acetylenes is 1. The number of hydrogen-bond donors (Lipinski definition) is 1. The Morgan fingerprint density at radius 3 is 2.82 bits per heavy atom. The highest BCUT2D eigenvalue weighted by molar-refractivity contribution is 5.77. The van der Waals surface area contributed by atoms with Crippen LogP contribution in [0, 0.1) is 18.3 Å². The zero-order valence-electron chi connectivity index (χ0n) is 10.5. The van der Waals surface area contributed by atoms with Crippen LogP contribution < -0.4 is 5.32 Å². The Morgan fingerprint density at radius 1 is 1.41 bits per heavy atom. The van der Waals surface area contributed by atoms with Crippen LogP contribution in [0.1, 0.15) is 38.5 Å². The molecule has 0 bridgehead atoms. The molecule has 2 fully saturated rings. The van der Waals surface area contributed by atoms with Crippen LogP contribution in [0.3, 0.4) is 0 Å². The van der Waals surface area contributed by atoms with Gasteiger partial charge in [-0.1, -0.05) is 0 Å². The number of carbonyl (C=O) groups is 1. The molecule has 1 aliphatic heterocycles. The van der Waals surface area contributed by atoms with Crippen LogP contribution in [0.2, 0.25) is 0 Å². The summed E-state index contributed by atoms with van der Waals surface area (Å²) in [6.07, 6.45) is 11.2. The molecule has 0 aromatic heterocycles. The fourth-order valence-electron chi connectivity index (χ4n) is 2.52. The lowest BCUT2D eigenvalue weighted by Crippen LogP contribution is -2.42. The number of hydrogen-bond acceptors (Lipinski definition) is 2. The van der Waals surface area contributed by atoms with E-state index in [1.165, 1.54) is 25.7 Å². The number of rotatable bonds is 5. The van der Waals surface area contributed by atoms with E-state index in [1.807, 2.05) is 0 Å². The number of piperidine rings is 1. The predicted octanol–water partition coefficient (Wildman–Crippen LogP) is 1.39. The summed E-state index contributed by atoms with van der Waals surface area (Å²) in [5.74, 6) is 3.45. The summed E-state index contributed by atoms with van der Waals surface area (Å²) in [6.45, 7) is 3.12. The van der Waals surface area contributed by atoms with Gasteiger partial charge in [-0.2, -0.15) is 0 Å². The van der Waals surface area contributed by atoms with E-state index < -0.39 is 0 Å². The van der Waals surface area contributed by atoms with E-state index in [0.29, 0.717) is 24.8 Å². The molecule has 1 atom stereocenters. The van der Waals surface area contributed by atoms with Gasteiger partial charge in [-0.25, -0.2) is 0 Å². The SMILES string of the molecule is C#CCCC(=O)N(CC1CCCNC1)C1CC1. The van der Waals surface area contributed by atoms with E-state index in [4.69, 9.17) is 6.42 Å². The summed E-state index contributed by atoms with van der Waals surface area (Å²) < 4.78 is 0. The molecule has 1 aliphatic carbocycles. The van der Waals surface area contributed by atoms with Crippen molar-refractivity contribution in [1.29, 1.82) is 0 Å². The van der Waals surface area contributed by atoms with Gasteiger partial charge in [0.25, 0.3) is 0 Å². The Labute approximate surface area is 104 Å². The Kier molecular flexibility index (Phi) is 4.44. The first-order chi connectivity index (χ1) is 8.31. The van der Waals surface area contributed by atoms with Gasteiger partial charge in [0.05, 0.1) is 0 Å². The fraction of sp³-hybridized carbons (Fsp3) is 0.786. The van der Waals surface area contributed by atoms with Gasteiger partial charge in [0.2, 0.25) is 5.91 Å². The molecule has 0 aromatic rings. The van der Waals surface area contributed by atoms with Gasteiger partial charge in [0, 0.05) is 25.4 Å². The van der Waals surface area contributed by atoms with Gasteiger partial charge in [0.1, 0.15) is 0 Å². The highest BCUT2D eigenvalue weighted by atomic mass is 16.2. The summed E-state index contributed by atoms with van der Waals surface area (Å²) >= 11 is 0. The fourth-order valence-corrected chi connectivity index (χ4v) is 2.52.